The Morgan fingerprint density at radius 2 is 1.91 bits per heavy atom. The van der Waals surface area contributed by atoms with Crippen molar-refractivity contribution in [1.29, 1.82) is 0 Å². The van der Waals surface area contributed by atoms with E-state index in [-0.39, 0.29) is 37.2 Å². The first-order valence-corrected chi connectivity index (χ1v) is 11.0. The minimum absolute atomic E-state index is 0.0454. The molecule has 2 aliphatic heterocycles. The minimum atomic E-state index is -4.43. The van der Waals surface area contributed by atoms with Crippen molar-refractivity contribution in [3.05, 3.63) is 53.9 Å². The molecular formula is C23H27F3N4O2. The van der Waals surface area contributed by atoms with Crippen LogP contribution in [0.15, 0.2) is 42.7 Å². The zero-order valence-corrected chi connectivity index (χ0v) is 17.8. The van der Waals surface area contributed by atoms with E-state index in [1.807, 2.05) is 21.8 Å². The zero-order valence-electron chi connectivity index (χ0n) is 17.8. The van der Waals surface area contributed by atoms with Crippen molar-refractivity contribution >= 4 is 11.8 Å². The number of amides is 2. The number of hydrogen-bond acceptors (Lipinski definition) is 3. The summed E-state index contributed by atoms with van der Waals surface area (Å²) in [6.07, 6.45) is 1.82. The van der Waals surface area contributed by atoms with Crippen molar-refractivity contribution in [1.82, 2.24) is 19.6 Å². The fraction of sp³-hybridized carbons (Fsp3) is 0.522. The van der Waals surface area contributed by atoms with Gasteiger partial charge in [-0.05, 0) is 48.9 Å². The number of nitrogens with zero attached hydrogens (tertiary/aromatic N) is 4. The Kier molecular flexibility index (Phi) is 6.53. The third-order valence-electron chi connectivity index (χ3n) is 6.41. The largest absolute Gasteiger partial charge is 0.416 e. The number of benzene rings is 1. The van der Waals surface area contributed by atoms with Gasteiger partial charge in [0, 0.05) is 51.5 Å². The van der Waals surface area contributed by atoms with Gasteiger partial charge < -0.3 is 9.80 Å². The van der Waals surface area contributed by atoms with Crippen molar-refractivity contribution in [2.24, 2.45) is 11.8 Å². The molecular weight excluding hydrogens is 421 g/mol. The molecule has 4 rings (SSSR count). The van der Waals surface area contributed by atoms with Crippen LogP contribution >= 0.6 is 0 Å². The van der Waals surface area contributed by atoms with Crippen LogP contribution in [0.2, 0.25) is 0 Å². The molecule has 0 aliphatic carbocycles. The summed E-state index contributed by atoms with van der Waals surface area (Å²) in [6.45, 7) is 2.54. The monoisotopic (exact) mass is 448 g/mol. The van der Waals surface area contributed by atoms with Gasteiger partial charge in [0.1, 0.15) is 0 Å². The number of carbonyl (C=O) groups is 2. The third kappa shape index (κ3) is 5.31. The van der Waals surface area contributed by atoms with E-state index in [0.29, 0.717) is 31.0 Å². The van der Waals surface area contributed by atoms with E-state index in [1.54, 1.807) is 12.3 Å². The molecule has 2 fully saturated rings. The summed E-state index contributed by atoms with van der Waals surface area (Å²) in [7, 11) is 0. The molecule has 0 spiro atoms. The second-order valence-electron chi connectivity index (χ2n) is 8.70. The summed E-state index contributed by atoms with van der Waals surface area (Å²) < 4.78 is 40.9. The molecule has 1 aromatic heterocycles. The van der Waals surface area contributed by atoms with Gasteiger partial charge in [-0.3, -0.25) is 14.3 Å². The SMILES string of the molecule is O=C1CCC(C(=O)N2CCC(Cn3cccn3)CC2)CN1Cc1cccc(C(F)(F)F)c1. The maximum absolute atomic E-state index is 13.1. The molecule has 0 bridgehead atoms. The van der Waals surface area contributed by atoms with Gasteiger partial charge in [0.25, 0.3) is 0 Å². The van der Waals surface area contributed by atoms with E-state index in [4.69, 9.17) is 0 Å². The Bertz CT molecular complexity index is 937. The van der Waals surface area contributed by atoms with Crippen LogP contribution < -0.4 is 0 Å². The molecule has 0 radical (unpaired) electrons. The Morgan fingerprint density at radius 3 is 2.59 bits per heavy atom. The second kappa shape index (κ2) is 9.34. The summed E-state index contributed by atoms with van der Waals surface area (Å²) in [6, 6.07) is 6.92. The lowest BCUT2D eigenvalue weighted by Crippen LogP contribution is -2.48. The summed E-state index contributed by atoms with van der Waals surface area (Å²) in [5.74, 6) is 0.0962. The number of rotatable bonds is 5. The number of likely N-dealkylation sites (tertiary alicyclic amines) is 2. The number of carbonyl (C=O) groups excluding carboxylic acids is 2. The topological polar surface area (TPSA) is 58.4 Å². The first-order valence-electron chi connectivity index (χ1n) is 11.0. The highest BCUT2D eigenvalue weighted by Crippen LogP contribution is 2.30. The molecule has 32 heavy (non-hydrogen) atoms. The second-order valence-corrected chi connectivity index (χ2v) is 8.70. The van der Waals surface area contributed by atoms with E-state index in [0.717, 1.165) is 31.5 Å². The Balaban J connectivity index is 1.33. The van der Waals surface area contributed by atoms with Crippen LogP contribution in [0.3, 0.4) is 0 Å². The molecule has 1 atom stereocenters. The summed E-state index contributed by atoms with van der Waals surface area (Å²) >= 11 is 0. The summed E-state index contributed by atoms with van der Waals surface area (Å²) in [5, 5.41) is 4.24. The highest BCUT2D eigenvalue weighted by molar-refractivity contribution is 5.84. The van der Waals surface area contributed by atoms with E-state index in [2.05, 4.69) is 5.10 Å². The maximum atomic E-state index is 13.1. The lowest BCUT2D eigenvalue weighted by Gasteiger charge is -2.37. The zero-order chi connectivity index (χ0) is 22.7. The molecule has 2 aliphatic rings. The molecule has 0 N–H and O–H groups in total. The predicted molar refractivity (Wildman–Crippen MR) is 111 cm³/mol. The van der Waals surface area contributed by atoms with Gasteiger partial charge in [0.15, 0.2) is 0 Å². The summed E-state index contributed by atoms with van der Waals surface area (Å²) in [4.78, 5) is 28.9. The van der Waals surface area contributed by atoms with Crippen LogP contribution in [0.5, 0.6) is 0 Å². The number of hydrogen-bond donors (Lipinski definition) is 0. The molecule has 2 aromatic rings. The molecule has 172 valence electrons. The highest BCUT2D eigenvalue weighted by atomic mass is 19.4. The van der Waals surface area contributed by atoms with Gasteiger partial charge in [-0.2, -0.15) is 18.3 Å². The predicted octanol–water partition coefficient (Wildman–Crippen LogP) is 3.58. The van der Waals surface area contributed by atoms with Gasteiger partial charge >= 0.3 is 6.18 Å². The molecule has 3 heterocycles. The van der Waals surface area contributed by atoms with Crippen molar-refractivity contribution in [2.45, 2.75) is 44.9 Å². The molecule has 9 heteroatoms. The van der Waals surface area contributed by atoms with Crippen LogP contribution in [0.4, 0.5) is 13.2 Å². The minimum Gasteiger partial charge on any atom is -0.342 e. The third-order valence-corrected chi connectivity index (χ3v) is 6.41. The normalized spacial score (nSPS) is 20.6. The fourth-order valence-electron chi connectivity index (χ4n) is 4.60. The van der Waals surface area contributed by atoms with Crippen LogP contribution in [0.25, 0.3) is 0 Å². The van der Waals surface area contributed by atoms with Gasteiger partial charge in [-0.25, -0.2) is 0 Å². The number of alkyl halides is 3. The lowest BCUT2D eigenvalue weighted by atomic mass is 9.92. The van der Waals surface area contributed by atoms with Crippen LogP contribution in [0.1, 0.15) is 36.8 Å². The standard InChI is InChI=1S/C23H27F3N4O2/c24-23(25,26)20-4-1-3-18(13-20)14-29-16-19(5-6-21(29)31)22(32)28-11-7-17(8-12-28)15-30-10-2-9-27-30/h1-4,9-10,13,17,19H,5-8,11-12,14-16H2. The van der Waals surface area contributed by atoms with Crippen LogP contribution in [0, 0.1) is 11.8 Å². The van der Waals surface area contributed by atoms with Gasteiger partial charge in [0.05, 0.1) is 11.5 Å². The Hall–Kier alpha value is -2.84. The molecule has 1 aromatic carbocycles. The lowest BCUT2D eigenvalue weighted by molar-refractivity contribution is -0.144. The van der Waals surface area contributed by atoms with Crippen LogP contribution in [-0.2, 0) is 28.9 Å². The molecule has 0 saturated carbocycles. The van der Waals surface area contributed by atoms with Crippen molar-refractivity contribution in [3.63, 3.8) is 0 Å². The van der Waals surface area contributed by atoms with Gasteiger partial charge in [0.2, 0.25) is 11.8 Å². The Labute approximate surface area is 185 Å². The average Bonchev–Trinajstić information content (AvgIpc) is 3.28. The average molecular weight is 448 g/mol. The smallest absolute Gasteiger partial charge is 0.342 e. The number of halogens is 3. The molecule has 2 saturated heterocycles. The fourth-order valence-corrected chi connectivity index (χ4v) is 4.60. The maximum Gasteiger partial charge on any atom is 0.416 e. The van der Waals surface area contributed by atoms with Gasteiger partial charge in [-0.15, -0.1) is 0 Å². The van der Waals surface area contributed by atoms with Gasteiger partial charge in [-0.1, -0.05) is 12.1 Å². The van der Waals surface area contributed by atoms with Crippen LogP contribution in [-0.4, -0.2) is 51.0 Å². The first kappa shape index (κ1) is 22.4. The van der Waals surface area contributed by atoms with Crippen molar-refractivity contribution < 1.29 is 22.8 Å². The molecule has 2 amide bonds. The van der Waals surface area contributed by atoms with E-state index in [1.165, 1.54) is 11.0 Å². The molecule has 6 nitrogen and oxygen atoms in total. The van der Waals surface area contributed by atoms with E-state index in [9.17, 15) is 22.8 Å². The van der Waals surface area contributed by atoms with E-state index < -0.39 is 11.7 Å². The highest BCUT2D eigenvalue weighted by Gasteiger charge is 2.35. The van der Waals surface area contributed by atoms with E-state index >= 15 is 0 Å². The van der Waals surface area contributed by atoms with Crippen molar-refractivity contribution in [3.8, 4) is 0 Å². The number of piperidine rings is 2. The summed E-state index contributed by atoms with van der Waals surface area (Å²) in [5.41, 5.74) is -0.314. The number of aromatic nitrogens is 2. The van der Waals surface area contributed by atoms with Crippen molar-refractivity contribution in [2.75, 3.05) is 19.6 Å². The Morgan fingerprint density at radius 1 is 1.12 bits per heavy atom. The first-order chi connectivity index (χ1) is 15.3. The molecule has 1 unspecified atom stereocenters. The quantitative estimate of drug-likeness (QED) is 0.703.